The Morgan fingerprint density at radius 2 is 1.84 bits per heavy atom. The summed E-state index contributed by atoms with van der Waals surface area (Å²) < 4.78 is 6.82. The van der Waals surface area contributed by atoms with Gasteiger partial charge in [-0.3, -0.25) is 9.36 Å². The van der Waals surface area contributed by atoms with Crippen molar-refractivity contribution in [1.29, 1.82) is 0 Å². The van der Waals surface area contributed by atoms with E-state index in [1.165, 1.54) is 37.8 Å². The Hall–Kier alpha value is -3.02. The molecule has 6 nitrogen and oxygen atoms in total. The van der Waals surface area contributed by atoms with E-state index in [0.717, 1.165) is 11.1 Å². The number of nitrogens with zero attached hydrogens (tertiary/aromatic N) is 2. The molecule has 1 amide bonds. The number of carbonyl (C=O) groups is 1. The first-order valence-electron chi connectivity index (χ1n) is 11.3. The molecule has 1 saturated carbocycles. The molecule has 0 bridgehead atoms. The SMILES string of the molecule is CN(c1ccc(CNC(=O)CCCn2c(=O)oc3ccccc32)cc1)C1CCCCC1. The van der Waals surface area contributed by atoms with Gasteiger partial charge < -0.3 is 14.6 Å². The molecule has 1 aliphatic rings. The summed E-state index contributed by atoms with van der Waals surface area (Å²) in [6.45, 7) is 0.978. The van der Waals surface area contributed by atoms with E-state index in [2.05, 4.69) is 41.5 Å². The molecule has 0 atom stereocenters. The fourth-order valence-electron chi connectivity index (χ4n) is 4.44. The molecule has 1 N–H and O–H groups in total. The summed E-state index contributed by atoms with van der Waals surface area (Å²) in [7, 11) is 2.18. The van der Waals surface area contributed by atoms with E-state index in [1.54, 1.807) is 10.6 Å². The van der Waals surface area contributed by atoms with Gasteiger partial charge in [0.15, 0.2) is 5.58 Å². The number of aromatic nitrogens is 1. The Balaban J connectivity index is 1.23. The van der Waals surface area contributed by atoms with Gasteiger partial charge in [-0.05, 0) is 49.1 Å². The van der Waals surface area contributed by atoms with Crippen molar-refractivity contribution >= 4 is 22.7 Å². The molecule has 4 rings (SSSR count). The minimum absolute atomic E-state index is 0.00995. The third kappa shape index (κ3) is 5.19. The fraction of sp³-hybridized carbons (Fsp3) is 0.440. The minimum atomic E-state index is -0.375. The number of hydrogen-bond acceptors (Lipinski definition) is 4. The lowest BCUT2D eigenvalue weighted by Crippen LogP contribution is -2.33. The highest BCUT2D eigenvalue weighted by atomic mass is 16.4. The molecule has 1 fully saturated rings. The van der Waals surface area contributed by atoms with E-state index in [-0.39, 0.29) is 11.7 Å². The van der Waals surface area contributed by atoms with Crippen molar-refractivity contribution in [2.45, 2.75) is 64.1 Å². The maximum absolute atomic E-state index is 12.2. The third-order valence-corrected chi connectivity index (χ3v) is 6.31. The molecule has 31 heavy (non-hydrogen) atoms. The number of para-hydroxylation sites is 2. The van der Waals surface area contributed by atoms with E-state index in [0.29, 0.717) is 37.6 Å². The number of oxazole rings is 1. The monoisotopic (exact) mass is 421 g/mol. The average Bonchev–Trinajstić information content (AvgIpc) is 3.13. The molecule has 0 unspecified atom stereocenters. The maximum Gasteiger partial charge on any atom is 0.419 e. The van der Waals surface area contributed by atoms with Gasteiger partial charge in [-0.15, -0.1) is 0 Å². The van der Waals surface area contributed by atoms with Crippen molar-refractivity contribution in [3.05, 3.63) is 64.6 Å². The van der Waals surface area contributed by atoms with E-state index in [4.69, 9.17) is 4.42 Å². The molecule has 0 radical (unpaired) electrons. The first-order chi connectivity index (χ1) is 15.1. The molecule has 1 heterocycles. The number of amides is 1. The number of hydrogen-bond donors (Lipinski definition) is 1. The lowest BCUT2D eigenvalue weighted by atomic mass is 9.94. The van der Waals surface area contributed by atoms with Gasteiger partial charge in [0, 0.05) is 38.3 Å². The smallest absolute Gasteiger partial charge is 0.408 e. The number of aryl methyl sites for hydroxylation is 1. The van der Waals surface area contributed by atoms with Gasteiger partial charge in [0.25, 0.3) is 0 Å². The predicted molar refractivity (Wildman–Crippen MR) is 123 cm³/mol. The van der Waals surface area contributed by atoms with E-state index in [9.17, 15) is 9.59 Å². The van der Waals surface area contributed by atoms with Crippen molar-refractivity contribution in [1.82, 2.24) is 9.88 Å². The zero-order valence-corrected chi connectivity index (χ0v) is 18.2. The summed E-state index contributed by atoms with van der Waals surface area (Å²) in [6.07, 6.45) is 7.51. The van der Waals surface area contributed by atoms with Crippen LogP contribution in [0.2, 0.25) is 0 Å². The Bertz CT molecular complexity index is 1060. The van der Waals surface area contributed by atoms with Gasteiger partial charge in [0.05, 0.1) is 5.52 Å². The van der Waals surface area contributed by atoms with Gasteiger partial charge in [-0.25, -0.2) is 4.79 Å². The quantitative estimate of drug-likeness (QED) is 0.583. The summed E-state index contributed by atoms with van der Waals surface area (Å²) in [5.74, 6) is -0.385. The second-order valence-corrected chi connectivity index (χ2v) is 8.44. The first-order valence-corrected chi connectivity index (χ1v) is 11.3. The Kier molecular flexibility index (Phi) is 6.75. The highest BCUT2D eigenvalue weighted by Crippen LogP contribution is 2.26. The number of rotatable bonds is 8. The largest absolute Gasteiger partial charge is 0.419 e. The zero-order chi connectivity index (χ0) is 21.6. The van der Waals surface area contributed by atoms with Gasteiger partial charge in [-0.1, -0.05) is 43.5 Å². The number of nitrogens with one attached hydrogen (secondary N) is 1. The van der Waals surface area contributed by atoms with Crippen LogP contribution in [0.5, 0.6) is 0 Å². The van der Waals surface area contributed by atoms with Crippen LogP contribution < -0.4 is 16.0 Å². The highest BCUT2D eigenvalue weighted by Gasteiger charge is 2.18. The summed E-state index contributed by atoms with van der Waals surface area (Å²) in [6, 6.07) is 16.5. The topological polar surface area (TPSA) is 67.5 Å². The standard InChI is InChI=1S/C25H31N3O3/c1-27(20-8-3-2-4-9-20)21-15-13-19(14-16-21)18-26-24(29)12-7-17-28-22-10-5-6-11-23(22)31-25(28)30/h5-6,10-11,13-16,20H,2-4,7-9,12,17-18H2,1H3,(H,26,29). The van der Waals surface area contributed by atoms with Crippen molar-refractivity contribution < 1.29 is 9.21 Å². The van der Waals surface area contributed by atoms with Crippen LogP contribution in [0.25, 0.3) is 11.1 Å². The van der Waals surface area contributed by atoms with Crippen LogP contribution in [0.3, 0.4) is 0 Å². The molecule has 1 aliphatic carbocycles. The molecule has 164 valence electrons. The zero-order valence-electron chi connectivity index (χ0n) is 18.2. The number of carbonyl (C=O) groups excluding carboxylic acids is 1. The van der Waals surface area contributed by atoms with Crippen LogP contribution in [0.15, 0.2) is 57.7 Å². The molecule has 1 aromatic heterocycles. The second kappa shape index (κ2) is 9.86. The number of anilines is 1. The lowest BCUT2D eigenvalue weighted by molar-refractivity contribution is -0.121. The van der Waals surface area contributed by atoms with Gasteiger partial charge in [0.2, 0.25) is 5.91 Å². The van der Waals surface area contributed by atoms with Gasteiger partial charge in [0.1, 0.15) is 0 Å². The van der Waals surface area contributed by atoms with Crippen LogP contribution in [0, 0.1) is 0 Å². The number of benzene rings is 2. The molecule has 2 aromatic carbocycles. The Labute approximate surface area is 182 Å². The summed E-state index contributed by atoms with van der Waals surface area (Å²) in [5, 5.41) is 2.98. The van der Waals surface area contributed by atoms with Crippen LogP contribution in [-0.4, -0.2) is 23.6 Å². The first kappa shape index (κ1) is 21.2. The molecule has 6 heteroatoms. The van der Waals surface area contributed by atoms with Crippen LogP contribution in [0.4, 0.5) is 5.69 Å². The fourth-order valence-corrected chi connectivity index (χ4v) is 4.44. The van der Waals surface area contributed by atoms with E-state index >= 15 is 0 Å². The summed E-state index contributed by atoms with van der Waals surface area (Å²) in [5.41, 5.74) is 3.67. The normalized spacial score (nSPS) is 14.6. The molecular formula is C25H31N3O3. The highest BCUT2D eigenvalue weighted by molar-refractivity contribution is 5.76. The predicted octanol–water partition coefficient (Wildman–Crippen LogP) is 4.46. The number of fused-ring (bicyclic) bond motifs is 1. The van der Waals surface area contributed by atoms with Crippen molar-refractivity contribution in [2.75, 3.05) is 11.9 Å². The second-order valence-electron chi connectivity index (χ2n) is 8.44. The van der Waals surface area contributed by atoms with Crippen LogP contribution in [0.1, 0.15) is 50.5 Å². The molecule has 0 aliphatic heterocycles. The third-order valence-electron chi connectivity index (χ3n) is 6.31. The van der Waals surface area contributed by atoms with Crippen molar-refractivity contribution in [3.8, 4) is 0 Å². The Morgan fingerprint density at radius 1 is 1.10 bits per heavy atom. The molecule has 3 aromatic rings. The Morgan fingerprint density at radius 3 is 2.61 bits per heavy atom. The van der Waals surface area contributed by atoms with Gasteiger partial charge in [-0.2, -0.15) is 0 Å². The molecular weight excluding hydrogens is 390 g/mol. The maximum atomic E-state index is 12.2. The lowest BCUT2D eigenvalue weighted by Gasteiger charge is -2.33. The van der Waals surface area contributed by atoms with E-state index in [1.807, 2.05) is 18.2 Å². The van der Waals surface area contributed by atoms with Crippen LogP contribution >= 0.6 is 0 Å². The van der Waals surface area contributed by atoms with Crippen molar-refractivity contribution in [3.63, 3.8) is 0 Å². The molecule has 0 saturated heterocycles. The molecule has 0 spiro atoms. The summed E-state index contributed by atoms with van der Waals surface area (Å²) in [4.78, 5) is 26.6. The average molecular weight is 422 g/mol. The van der Waals surface area contributed by atoms with Crippen LogP contribution in [-0.2, 0) is 17.9 Å². The minimum Gasteiger partial charge on any atom is -0.408 e. The van der Waals surface area contributed by atoms with Crippen molar-refractivity contribution in [2.24, 2.45) is 0 Å². The van der Waals surface area contributed by atoms with E-state index < -0.39 is 0 Å². The van der Waals surface area contributed by atoms with Gasteiger partial charge >= 0.3 is 5.76 Å². The summed E-state index contributed by atoms with van der Waals surface area (Å²) >= 11 is 0.